The lowest BCUT2D eigenvalue weighted by atomic mass is 9.82. The summed E-state index contributed by atoms with van der Waals surface area (Å²) in [6, 6.07) is 103. The van der Waals surface area contributed by atoms with Crippen LogP contribution in [-0.4, -0.2) is 0 Å². The van der Waals surface area contributed by atoms with Gasteiger partial charge in [-0.1, -0.05) is 206 Å². The first-order chi connectivity index (χ1) is 36.7. The molecule has 1 aliphatic rings. The molecule has 14 aromatic carbocycles. The number of rotatable bonds is 8. The van der Waals surface area contributed by atoms with Gasteiger partial charge in [-0.15, -0.1) is 0 Å². The predicted octanol–water partition coefficient (Wildman–Crippen LogP) is 20.5. The maximum atomic E-state index is 2.40. The Morgan fingerprint density at radius 2 is 0.473 bits per heavy atom. The lowest BCUT2D eigenvalue weighted by Gasteiger charge is -2.27. The van der Waals surface area contributed by atoms with Gasteiger partial charge in [-0.05, 0) is 182 Å². The van der Waals surface area contributed by atoms with Crippen LogP contribution in [0, 0.1) is 0 Å². The second-order valence-corrected chi connectivity index (χ2v) is 19.6. The smallest absolute Gasteiger partial charge is 0.0468 e. The average Bonchev–Trinajstić information content (AvgIpc) is 3.82. The molecule has 344 valence electrons. The number of hydrogen-bond acceptors (Lipinski definition) is 2. The van der Waals surface area contributed by atoms with E-state index in [9.17, 15) is 0 Å². The van der Waals surface area contributed by atoms with E-state index in [1.54, 1.807) is 0 Å². The molecular formula is C72H46N2. The normalized spacial score (nSPS) is 11.8. The van der Waals surface area contributed by atoms with Crippen molar-refractivity contribution in [3.05, 3.63) is 279 Å². The Morgan fingerprint density at radius 1 is 0.189 bits per heavy atom. The van der Waals surface area contributed by atoms with E-state index in [-0.39, 0.29) is 0 Å². The number of hydrogen-bond donors (Lipinski definition) is 0. The van der Waals surface area contributed by atoms with Crippen molar-refractivity contribution < 1.29 is 0 Å². The molecule has 0 atom stereocenters. The molecule has 0 bridgehead atoms. The van der Waals surface area contributed by atoms with E-state index < -0.39 is 0 Å². The summed E-state index contributed by atoms with van der Waals surface area (Å²) in [7, 11) is 0. The molecule has 0 N–H and O–H groups in total. The van der Waals surface area contributed by atoms with E-state index in [1.165, 1.54) is 109 Å². The second-order valence-electron chi connectivity index (χ2n) is 19.6. The highest BCUT2D eigenvalue weighted by Crippen LogP contribution is 2.58. The summed E-state index contributed by atoms with van der Waals surface area (Å²) in [5, 5.41) is 14.8. The first-order valence-electron chi connectivity index (χ1n) is 25.6. The van der Waals surface area contributed by atoms with E-state index >= 15 is 0 Å². The molecule has 0 heterocycles. The third-order valence-corrected chi connectivity index (χ3v) is 15.5. The summed E-state index contributed by atoms with van der Waals surface area (Å²) in [5.41, 5.74) is 16.7. The number of nitrogens with zero attached hydrogens (tertiary/aromatic N) is 2. The topological polar surface area (TPSA) is 6.48 Å². The zero-order valence-corrected chi connectivity index (χ0v) is 40.5. The molecule has 2 heteroatoms. The average molecular weight is 939 g/mol. The van der Waals surface area contributed by atoms with Gasteiger partial charge in [-0.25, -0.2) is 0 Å². The van der Waals surface area contributed by atoms with Crippen molar-refractivity contribution in [1.29, 1.82) is 0 Å². The summed E-state index contributed by atoms with van der Waals surface area (Å²) in [5.74, 6) is 0. The van der Waals surface area contributed by atoms with Gasteiger partial charge in [0.05, 0.1) is 0 Å². The lowest BCUT2D eigenvalue weighted by molar-refractivity contribution is 1.29. The number of fused-ring (bicyclic) bond motifs is 8. The van der Waals surface area contributed by atoms with Crippen molar-refractivity contribution in [2.75, 3.05) is 9.80 Å². The van der Waals surface area contributed by atoms with Crippen LogP contribution in [0.3, 0.4) is 0 Å². The Balaban J connectivity index is 0.904. The highest BCUT2D eigenvalue weighted by Gasteiger charge is 2.31. The van der Waals surface area contributed by atoms with Crippen LogP contribution in [0.2, 0.25) is 0 Å². The van der Waals surface area contributed by atoms with Gasteiger partial charge in [-0.3, -0.25) is 0 Å². The maximum absolute atomic E-state index is 2.40. The van der Waals surface area contributed by atoms with Gasteiger partial charge in [0.15, 0.2) is 0 Å². The van der Waals surface area contributed by atoms with Crippen LogP contribution in [0.1, 0.15) is 0 Å². The zero-order valence-electron chi connectivity index (χ0n) is 40.5. The predicted molar refractivity (Wildman–Crippen MR) is 316 cm³/mol. The Morgan fingerprint density at radius 3 is 0.811 bits per heavy atom. The minimum atomic E-state index is 1.10. The van der Waals surface area contributed by atoms with Crippen molar-refractivity contribution in [1.82, 2.24) is 0 Å². The first-order valence-corrected chi connectivity index (χ1v) is 25.6. The maximum Gasteiger partial charge on any atom is 0.0468 e. The molecule has 0 aliphatic heterocycles. The van der Waals surface area contributed by atoms with Gasteiger partial charge in [0.2, 0.25) is 0 Å². The molecular weight excluding hydrogens is 893 g/mol. The molecule has 14 aromatic rings. The molecule has 1 aliphatic carbocycles. The Labute approximate surface area is 429 Å². The van der Waals surface area contributed by atoms with Crippen molar-refractivity contribution in [2.45, 2.75) is 0 Å². The Hall–Kier alpha value is -9.76. The lowest BCUT2D eigenvalue weighted by Crippen LogP contribution is -2.10. The fourth-order valence-electron chi connectivity index (χ4n) is 12.0. The van der Waals surface area contributed by atoms with Crippen LogP contribution in [0.15, 0.2) is 279 Å². The molecule has 0 amide bonds. The van der Waals surface area contributed by atoms with Gasteiger partial charge in [0.1, 0.15) is 0 Å². The fraction of sp³-hybridized carbons (Fsp3) is 0. The van der Waals surface area contributed by atoms with Crippen LogP contribution in [0.25, 0.3) is 109 Å². The Bertz CT molecular complexity index is 4100. The van der Waals surface area contributed by atoms with E-state index in [0.717, 1.165) is 34.1 Å². The molecule has 0 saturated carbocycles. The number of benzene rings is 14. The summed E-state index contributed by atoms with van der Waals surface area (Å²) in [6.45, 7) is 0. The highest BCUT2D eigenvalue weighted by molar-refractivity contribution is 6.27. The Kier molecular flexibility index (Phi) is 9.61. The van der Waals surface area contributed by atoms with E-state index in [2.05, 4.69) is 289 Å². The molecule has 0 radical (unpaired) electrons. The van der Waals surface area contributed by atoms with Crippen molar-refractivity contribution in [3.8, 4) is 44.5 Å². The molecule has 0 aromatic heterocycles. The molecule has 0 saturated heterocycles. The monoisotopic (exact) mass is 938 g/mol. The van der Waals surface area contributed by atoms with Gasteiger partial charge in [0.25, 0.3) is 0 Å². The van der Waals surface area contributed by atoms with Gasteiger partial charge in [-0.2, -0.15) is 0 Å². The largest absolute Gasteiger partial charge is 0.310 e. The van der Waals surface area contributed by atoms with Crippen LogP contribution in [-0.2, 0) is 0 Å². The quantitative estimate of drug-likeness (QED) is 0.150. The molecule has 15 rings (SSSR count). The third-order valence-electron chi connectivity index (χ3n) is 15.5. The molecule has 0 spiro atoms. The molecule has 0 fully saturated rings. The van der Waals surface area contributed by atoms with Crippen LogP contribution in [0.4, 0.5) is 34.1 Å². The van der Waals surface area contributed by atoms with E-state index in [4.69, 9.17) is 0 Å². The van der Waals surface area contributed by atoms with Crippen LogP contribution >= 0.6 is 0 Å². The van der Waals surface area contributed by atoms with Crippen molar-refractivity contribution >= 4 is 98.8 Å². The second kappa shape index (κ2) is 16.9. The summed E-state index contributed by atoms with van der Waals surface area (Å²) < 4.78 is 0. The summed E-state index contributed by atoms with van der Waals surface area (Å²) in [4.78, 5) is 4.80. The van der Waals surface area contributed by atoms with Gasteiger partial charge in [0, 0.05) is 34.1 Å². The van der Waals surface area contributed by atoms with Crippen molar-refractivity contribution in [2.24, 2.45) is 0 Å². The van der Waals surface area contributed by atoms with E-state index in [1.807, 2.05) is 0 Å². The summed E-state index contributed by atoms with van der Waals surface area (Å²) >= 11 is 0. The minimum absolute atomic E-state index is 1.10. The SMILES string of the molecule is c1ccc2cc(N(c3ccc(-c4c5c(c(-c6ccc(N(c7ccc8ccccc8c7)c7ccc8ccccc8c7)cc6)c6ccccc46)-c4cccc6cccc-5c46)cc3)c3ccc4ccccc4c3)ccc2c1. The highest BCUT2D eigenvalue weighted by atomic mass is 15.1. The molecule has 2 nitrogen and oxygen atoms in total. The molecule has 74 heavy (non-hydrogen) atoms. The van der Waals surface area contributed by atoms with Crippen LogP contribution < -0.4 is 9.80 Å². The van der Waals surface area contributed by atoms with Gasteiger partial charge >= 0.3 is 0 Å². The third kappa shape index (κ3) is 6.80. The minimum Gasteiger partial charge on any atom is -0.310 e. The molecule has 0 unspecified atom stereocenters. The van der Waals surface area contributed by atoms with Crippen molar-refractivity contribution in [3.63, 3.8) is 0 Å². The standard InChI is InChI=1S/C72H46N2/c1-5-17-54-43-60(39-27-47(54)13-1)73(61-40-28-48-14-2-6-18-55(48)44-61)58-35-31-52(32-36-58)69-64-23-9-10-24-65(64)70(72-67-26-12-22-51-21-11-25-66(68(51)67)71(69)72)53-33-37-59(38-34-53)74(62-41-29-49-15-3-7-19-56(49)45-62)63-42-30-50-16-4-8-20-57(50)46-63/h1-46H. The zero-order chi connectivity index (χ0) is 48.7. The van der Waals surface area contributed by atoms with Gasteiger partial charge < -0.3 is 9.80 Å². The fourth-order valence-corrected chi connectivity index (χ4v) is 12.0. The summed E-state index contributed by atoms with van der Waals surface area (Å²) in [6.07, 6.45) is 0. The van der Waals surface area contributed by atoms with Crippen LogP contribution in [0.5, 0.6) is 0 Å². The first kappa shape index (κ1) is 42.0. The number of anilines is 6. The van der Waals surface area contributed by atoms with E-state index in [0.29, 0.717) is 0 Å².